The maximum absolute atomic E-state index is 13.5. The van der Waals surface area contributed by atoms with Gasteiger partial charge in [-0.3, -0.25) is 0 Å². The molecule has 0 radical (unpaired) electrons. The molecule has 1 heterocycles. The van der Waals surface area contributed by atoms with E-state index in [9.17, 15) is 4.39 Å². The van der Waals surface area contributed by atoms with Crippen molar-refractivity contribution in [3.8, 4) is 17.2 Å². The van der Waals surface area contributed by atoms with Gasteiger partial charge in [0.25, 0.3) is 0 Å². The Bertz CT molecular complexity index is 647. The molecule has 0 fully saturated rings. The van der Waals surface area contributed by atoms with E-state index in [0.717, 1.165) is 0 Å². The first-order chi connectivity index (χ1) is 10.2. The van der Waals surface area contributed by atoms with Gasteiger partial charge in [-0.2, -0.15) is 0 Å². The molecule has 0 amide bonds. The van der Waals surface area contributed by atoms with Gasteiger partial charge in [0.15, 0.2) is 17.6 Å². The van der Waals surface area contributed by atoms with Gasteiger partial charge < -0.3 is 19.9 Å². The second kappa shape index (κ2) is 5.61. The van der Waals surface area contributed by atoms with Crippen LogP contribution in [0.4, 0.5) is 4.39 Å². The van der Waals surface area contributed by atoms with Crippen LogP contribution in [0.15, 0.2) is 42.5 Å². The molecule has 1 aliphatic rings. The van der Waals surface area contributed by atoms with Gasteiger partial charge in [0.05, 0.1) is 13.2 Å². The molecule has 0 saturated carbocycles. The molecule has 2 unspecified atom stereocenters. The van der Waals surface area contributed by atoms with Crippen molar-refractivity contribution >= 4 is 0 Å². The molecular weight excluding hydrogens is 273 g/mol. The van der Waals surface area contributed by atoms with E-state index in [4.69, 9.17) is 19.9 Å². The summed E-state index contributed by atoms with van der Waals surface area (Å²) in [6.07, 6.45) is -0.407. The van der Waals surface area contributed by atoms with Gasteiger partial charge in [-0.25, -0.2) is 4.39 Å². The minimum Gasteiger partial charge on any atom is -0.496 e. The van der Waals surface area contributed by atoms with Gasteiger partial charge in [-0.1, -0.05) is 12.1 Å². The van der Waals surface area contributed by atoms with Crippen molar-refractivity contribution in [2.45, 2.75) is 12.1 Å². The molecule has 110 valence electrons. The number of methoxy groups -OCH3 is 1. The molecule has 2 N–H and O–H groups in total. The van der Waals surface area contributed by atoms with E-state index in [1.165, 1.54) is 19.2 Å². The first-order valence-electron chi connectivity index (χ1n) is 6.66. The summed E-state index contributed by atoms with van der Waals surface area (Å²) in [6.45, 7) is 0.303. The Morgan fingerprint density at radius 2 is 2.00 bits per heavy atom. The minimum absolute atomic E-state index is 0.303. The number of hydrogen-bond donors (Lipinski definition) is 1. The highest BCUT2D eigenvalue weighted by atomic mass is 19.1. The number of fused-ring (bicyclic) bond motifs is 1. The zero-order valence-corrected chi connectivity index (χ0v) is 11.6. The van der Waals surface area contributed by atoms with Crippen LogP contribution in [0.3, 0.4) is 0 Å². The molecule has 0 aromatic heterocycles. The molecule has 4 nitrogen and oxygen atoms in total. The summed E-state index contributed by atoms with van der Waals surface area (Å²) < 4.78 is 30.2. The highest BCUT2D eigenvalue weighted by Gasteiger charge is 2.29. The molecular formula is C16H16FNO3. The fourth-order valence-electron chi connectivity index (χ4n) is 2.38. The van der Waals surface area contributed by atoms with Gasteiger partial charge in [0, 0.05) is 5.56 Å². The Hall–Kier alpha value is -2.27. The van der Waals surface area contributed by atoms with Gasteiger partial charge in [-0.05, 0) is 30.3 Å². The van der Waals surface area contributed by atoms with Gasteiger partial charge in [0.2, 0.25) is 0 Å². The molecule has 2 aromatic carbocycles. The first-order valence-corrected chi connectivity index (χ1v) is 6.66. The van der Waals surface area contributed by atoms with Crippen LogP contribution >= 0.6 is 0 Å². The quantitative estimate of drug-likeness (QED) is 0.944. The van der Waals surface area contributed by atoms with Crippen molar-refractivity contribution in [3.05, 3.63) is 53.8 Å². The lowest BCUT2D eigenvalue weighted by Gasteiger charge is -2.31. The summed E-state index contributed by atoms with van der Waals surface area (Å²) in [5.74, 6) is 1.50. The summed E-state index contributed by atoms with van der Waals surface area (Å²) in [4.78, 5) is 0. The van der Waals surface area contributed by atoms with E-state index in [2.05, 4.69) is 0 Å². The van der Waals surface area contributed by atoms with Crippen molar-refractivity contribution in [3.63, 3.8) is 0 Å². The van der Waals surface area contributed by atoms with Crippen molar-refractivity contribution in [1.82, 2.24) is 0 Å². The Morgan fingerprint density at radius 1 is 1.24 bits per heavy atom. The van der Waals surface area contributed by atoms with Crippen molar-refractivity contribution < 1.29 is 18.6 Å². The second-order valence-electron chi connectivity index (χ2n) is 4.83. The average Bonchev–Trinajstić information content (AvgIpc) is 2.53. The number of rotatable bonds is 3. The number of ether oxygens (including phenoxy) is 3. The standard InChI is InChI=1S/C16H16FNO3/c1-19-12-7-6-10(17)8-11(12)16(18)15-9-20-13-4-2-3-5-14(13)21-15/h2-8,15-16H,9,18H2,1H3. The summed E-state index contributed by atoms with van der Waals surface area (Å²) >= 11 is 0. The first kappa shape index (κ1) is 13.7. The monoisotopic (exact) mass is 289 g/mol. The number of benzene rings is 2. The van der Waals surface area contributed by atoms with Crippen LogP contribution in [0.5, 0.6) is 17.2 Å². The van der Waals surface area contributed by atoms with Gasteiger partial charge in [0.1, 0.15) is 18.2 Å². The Labute approximate surface area is 122 Å². The van der Waals surface area contributed by atoms with Gasteiger partial charge >= 0.3 is 0 Å². The normalized spacial score (nSPS) is 18.1. The summed E-state index contributed by atoms with van der Waals surface area (Å²) in [5.41, 5.74) is 6.78. The third-order valence-corrected chi connectivity index (χ3v) is 3.48. The lowest BCUT2D eigenvalue weighted by molar-refractivity contribution is 0.0714. The molecule has 3 rings (SSSR count). The van der Waals surface area contributed by atoms with E-state index >= 15 is 0 Å². The largest absolute Gasteiger partial charge is 0.496 e. The van der Waals surface area contributed by atoms with Crippen LogP contribution < -0.4 is 19.9 Å². The zero-order valence-electron chi connectivity index (χ0n) is 11.6. The molecule has 2 aromatic rings. The summed E-state index contributed by atoms with van der Waals surface area (Å²) in [7, 11) is 1.52. The minimum atomic E-state index is -0.552. The molecule has 0 aliphatic carbocycles. The van der Waals surface area contributed by atoms with Crippen LogP contribution in [-0.4, -0.2) is 19.8 Å². The summed E-state index contributed by atoms with van der Waals surface area (Å²) in [6, 6.07) is 11.1. The summed E-state index contributed by atoms with van der Waals surface area (Å²) in [5, 5.41) is 0. The van der Waals surface area contributed by atoms with E-state index < -0.39 is 12.1 Å². The number of nitrogens with two attached hydrogens (primary N) is 1. The van der Waals surface area contributed by atoms with E-state index in [0.29, 0.717) is 29.4 Å². The lowest BCUT2D eigenvalue weighted by Crippen LogP contribution is -2.39. The fraction of sp³-hybridized carbons (Fsp3) is 0.250. The van der Waals surface area contributed by atoms with Crippen molar-refractivity contribution in [2.24, 2.45) is 5.73 Å². The van der Waals surface area contributed by atoms with Crippen LogP contribution in [-0.2, 0) is 0 Å². The van der Waals surface area contributed by atoms with Crippen LogP contribution in [0.1, 0.15) is 11.6 Å². The third kappa shape index (κ3) is 2.64. The average molecular weight is 289 g/mol. The topological polar surface area (TPSA) is 53.7 Å². The van der Waals surface area contributed by atoms with Crippen LogP contribution in [0.25, 0.3) is 0 Å². The Kier molecular flexibility index (Phi) is 3.66. The van der Waals surface area contributed by atoms with E-state index in [1.807, 2.05) is 24.3 Å². The predicted molar refractivity (Wildman–Crippen MR) is 76.2 cm³/mol. The number of halogens is 1. The van der Waals surface area contributed by atoms with E-state index in [-0.39, 0.29) is 5.82 Å². The Balaban J connectivity index is 1.87. The highest BCUT2D eigenvalue weighted by molar-refractivity contribution is 5.42. The molecule has 5 heteroatoms. The SMILES string of the molecule is COc1ccc(F)cc1C(N)C1COc2ccccc2O1. The second-order valence-corrected chi connectivity index (χ2v) is 4.83. The van der Waals surface area contributed by atoms with Crippen LogP contribution in [0, 0.1) is 5.82 Å². The Morgan fingerprint density at radius 3 is 2.76 bits per heavy atom. The lowest BCUT2D eigenvalue weighted by atomic mass is 10.0. The van der Waals surface area contributed by atoms with Gasteiger partial charge in [-0.15, -0.1) is 0 Å². The molecule has 21 heavy (non-hydrogen) atoms. The van der Waals surface area contributed by atoms with Crippen molar-refractivity contribution in [1.29, 1.82) is 0 Å². The van der Waals surface area contributed by atoms with Crippen molar-refractivity contribution in [2.75, 3.05) is 13.7 Å². The highest BCUT2D eigenvalue weighted by Crippen LogP contribution is 2.35. The van der Waals surface area contributed by atoms with Crippen LogP contribution in [0.2, 0.25) is 0 Å². The molecule has 2 atom stereocenters. The van der Waals surface area contributed by atoms with E-state index in [1.54, 1.807) is 6.07 Å². The molecule has 0 spiro atoms. The number of hydrogen-bond acceptors (Lipinski definition) is 4. The predicted octanol–water partition coefficient (Wildman–Crippen LogP) is 2.67. The molecule has 0 saturated heterocycles. The molecule has 0 bridgehead atoms. The zero-order chi connectivity index (χ0) is 14.8. The smallest absolute Gasteiger partial charge is 0.161 e. The maximum atomic E-state index is 13.5. The molecule has 1 aliphatic heterocycles. The maximum Gasteiger partial charge on any atom is 0.161 e. The third-order valence-electron chi connectivity index (χ3n) is 3.48. The fourth-order valence-corrected chi connectivity index (χ4v) is 2.38. The number of para-hydroxylation sites is 2.